The number of esters is 1. The highest BCUT2D eigenvalue weighted by Gasteiger charge is 2.24. The number of cyclic esters (lactones) is 1. The third-order valence-corrected chi connectivity index (χ3v) is 5.02. The highest BCUT2D eigenvalue weighted by Crippen LogP contribution is 2.29. The first kappa shape index (κ1) is 16.0. The van der Waals surface area contributed by atoms with Crippen molar-refractivity contribution in [3.05, 3.63) is 58.4 Å². The van der Waals surface area contributed by atoms with E-state index in [0.717, 1.165) is 36.2 Å². The predicted molar refractivity (Wildman–Crippen MR) is 94.4 cm³/mol. The van der Waals surface area contributed by atoms with Gasteiger partial charge in [-0.15, -0.1) is 11.3 Å². The molecule has 25 heavy (non-hydrogen) atoms. The molecule has 0 saturated carbocycles. The largest absolute Gasteiger partial charge is 0.402 e. The van der Waals surface area contributed by atoms with Crippen LogP contribution in [0.1, 0.15) is 10.4 Å². The standard InChI is InChI=1S/C18H15FN2O3S/c19-13-3-1-12(2-4-13)17-20-15(18(22)24-17)11-14-5-6-16(25-14)21-7-9-23-10-8-21/h1-6,11H,7-10H2/b15-11+. The van der Waals surface area contributed by atoms with Gasteiger partial charge in [0.2, 0.25) is 5.90 Å². The van der Waals surface area contributed by atoms with Crippen LogP contribution in [0.5, 0.6) is 0 Å². The van der Waals surface area contributed by atoms with Gasteiger partial charge in [-0.25, -0.2) is 14.2 Å². The molecule has 7 heteroatoms. The molecule has 0 N–H and O–H groups in total. The van der Waals surface area contributed by atoms with Crippen molar-refractivity contribution in [2.24, 2.45) is 4.99 Å². The fourth-order valence-electron chi connectivity index (χ4n) is 2.63. The first-order valence-corrected chi connectivity index (χ1v) is 8.72. The lowest BCUT2D eigenvalue weighted by molar-refractivity contribution is -0.129. The molecule has 5 nitrogen and oxygen atoms in total. The first-order valence-electron chi connectivity index (χ1n) is 7.90. The van der Waals surface area contributed by atoms with Crippen molar-refractivity contribution in [3.8, 4) is 0 Å². The van der Waals surface area contributed by atoms with Crippen LogP contribution in [0.25, 0.3) is 6.08 Å². The molecule has 0 radical (unpaired) electrons. The monoisotopic (exact) mass is 358 g/mol. The van der Waals surface area contributed by atoms with Crippen molar-refractivity contribution < 1.29 is 18.7 Å². The second kappa shape index (κ2) is 6.78. The van der Waals surface area contributed by atoms with E-state index in [1.54, 1.807) is 17.4 Å². The Labute approximate surface area is 148 Å². The van der Waals surface area contributed by atoms with Gasteiger partial charge in [-0.2, -0.15) is 0 Å². The molecule has 3 heterocycles. The molecule has 2 aliphatic rings. The Kier molecular flexibility index (Phi) is 4.33. The van der Waals surface area contributed by atoms with E-state index < -0.39 is 5.97 Å². The Balaban J connectivity index is 1.55. The number of carbonyl (C=O) groups is 1. The average Bonchev–Trinajstić information content (AvgIpc) is 3.24. The number of ether oxygens (including phenoxy) is 2. The molecule has 1 saturated heterocycles. The molecule has 1 fully saturated rings. The highest BCUT2D eigenvalue weighted by atomic mass is 32.1. The van der Waals surface area contributed by atoms with Crippen LogP contribution < -0.4 is 4.90 Å². The molecule has 2 aliphatic heterocycles. The van der Waals surface area contributed by atoms with E-state index in [2.05, 4.69) is 9.89 Å². The number of thiophene rings is 1. The molecule has 0 aliphatic carbocycles. The number of rotatable bonds is 3. The molecule has 0 amide bonds. The summed E-state index contributed by atoms with van der Waals surface area (Å²) >= 11 is 1.59. The number of aliphatic imine (C=N–C) groups is 1. The SMILES string of the molecule is O=C1OC(c2ccc(F)cc2)=N/C1=C/c1ccc(N2CCOCC2)s1. The van der Waals surface area contributed by atoms with Crippen molar-refractivity contribution in [1.82, 2.24) is 0 Å². The minimum atomic E-state index is -0.499. The van der Waals surface area contributed by atoms with E-state index >= 15 is 0 Å². The fourth-order valence-corrected chi connectivity index (χ4v) is 3.63. The maximum atomic E-state index is 13.0. The quantitative estimate of drug-likeness (QED) is 0.625. The van der Waals surface area contributed by atoms with Crippen molar-refractivity contribution >= 4 is 34.3 Å². The maximum absolute atomic E-state index is 13.0. The van der Waals surface area contributed by atoms with Crippen molar-refractivity contribution in [1.29, 1.82) is 0 Å². The molecular formula is C18H15FN2O3S. The molecule has 4 rings (SSSR count). The summed E-state index contributed by atoms with van der Waals surface area (Å²) in [4.78, 5) is 19.5. The van der Waals surface area contributed by atoms with Crippen LogP contribution in [0.2, 0.25) is 0 Å². The van der Waals surface area contributed by atoms with Crippen LogP contribution in [0.4, 0.5) is 9.39 Å². The van der Waals surface area contributed by atoms with Crippen molar-refractivity contribution in [2.75, 3.05) is 31.2 Å². The summed E-state index contributed by atoms with van der Waals surface area (Å²) in [6, 6.07) is 9.68. The van der Waals surface area contributed by atoms with Crippen LogP contribution >= 0.6 is 11.3 Å². The van der Waals surface area contributed by atoms with Gasteiger partial charge in [0.1, 0.15) is 5.82 Å². The van der Waals surface area contributed by atoms with Gasteiger partial charge in [0.25, 0.3) is 0 Å². The smallest absolute Gasteiger partial charge is 0.363 e. The summed E-state index contributed by atoms with van der Waals surface area (Å²) in [6.07, 6.45) is 1.72. The molecule has 2 aromatic rings. The summed E-state index contributed by atoms with van der Waals surface area (Å²) in [6.45, 7) is 3.19. The molecule has 0 spiro atoms. The zero-order valence-electron chi connectivity index (χ0n) is 13.3. The molecule has 128 valence electrons. The minimum Gasteiger partial charge on any atom is -0.402 e. The van der Waals surface area contributed by atoms with Crippen LogP contribution in [-0.2, 0) is 14.3 Å². The summed E-state index contributed by atoms with van der Waals surface area (Å²) in [5.41, 5.74) is 0.813. The lowest BCUT2D eigenvalue weighted by Gasteiger charge is -2.27. The Morgan fingerprint density at radius 3 is 2.64 bits per heavy atom. The Morgan fingerprint density at radius 1 is 1.12 bits per heavy atom. The number of hydrogen-bond acceptors (Lipinski definition) is 6. The number of benzene rings is 1. The van der Waals surface area contributed by atoms with E-state index in [-0.39, 0.29) is 17.4 Å². The topological polar surface area (TPSA) is 51.1 Å². The van der Waals surface area contributed by atoms with Crippen molar-refractivity contribution in [3.63, 3.8) is 0 Å². The number of anilines is 1. The molecule has 0 unspecified atom stereocenters. The third kappa shape index (κ3) is 3.47. The van der Waals surface area contributed by atoms with Gasteiger partial charge in [-0.05, 0) is 42.5 Å². The van der Waals surface area contributed by atoms with E-state index in [1.807, 2.05) is 12.1 Å². The van der Waals surface area contributed by atoms with Gasteiger partial charge in [-0.1, -0.05) is 0 Å². The number of halogens is 1. The third-order valence-electron chi connectivity index (χ3n) is 3.93. The van der Waals surface area contributed by atoms with E-state index in [4.69, 9.17) is 9.47 Å². The zero-order valence-corrected chi connectivity index (χ0v) is 14.1. The second-order valence-electron chi connectivity index (χ2n) is 5.62. The fraction of sp³-hybridized carbons (Fsp3) is 0.222. The van der Waals surface area contributed by atoms with E-state index in [1.165, 1.54) is 24.3 Å². The molecule has 0 atom stereocenters. The van der Waals surface area contributed by atoms with Crippen molar-refractivity contribution in [2.45, 2.75) is 0 Å². The summed E-state index contributed by atoms with van der Waals surface area (Å²) in [7, 11) is 0. The summed E-state index contributed by atoms with van der Waals surface area (Å²) in [5, 5.41) is 1.14. The number of nitrogens with zero attached hydrogens (tertiary/aromatic N) is 2. The molecule has 0 bridgehead atoms. The van der Waals surface area contributed by atoms with Gasteiger partial charge < -0.3 is 14.4 Å². The first-order chi connectivity index (χ1) is 12.2. The number of morpholine rings is 1. The Morgan fingerprint density at radius 2 is 1.88 bits per heavy atom. The van der Waals surface area contributed by atoms with Gasteiger partial charge >= 0.3 is 5.97 Å². The summed E-state index contributed by atoms with van der Waals surface area (Å²) in [5.74, 6) is -0.652. The van der Waals surface area contributed by atoms with Gasteiger partial charge in [0.15, 0.2) is 5.70 Å². The second-order valence-corrected chi connectivity index (χ2v) is 6.71. The Bertz CT molecular complexity index is 851. The van der Waals surface area contributed by atoms with Crippen LogP contribution in [0.15, 0.2) is 47.1 Å². The zero-order chi connectivity index (χ0) is 17.2. The lowest BCUT2D eigenvalue weighted by Crippen LogP contribution is -2.35. The normalized spacial score (nSPS) is 19.2. The number of carbonyl (C=O) groups excluding carboxylic acids is 1. The van der Waals surface area contributed by atoms with Gasteiger partial charge in [-0.3, -0.25) is 0 Å². The van der Waals surface area contributed by atoms with Gasteiger partial charge in [0, 0.05) is 23.5 Å². The molecular weight excluding hydrogens is 343 g/mol. The minimum absolute atomic E-state index is 0.196. The predicted octanol–water partition coefficient (Wildman–Crippen LogP) is 3.07. The number of hydrogen-bond donors (Lipinski definition) is 0. The van der Waals surface area contributed by atoms with Crippen LogP contribution in [0.3, 0.4) is 0 Å². The average molecular weight is 358 g/mol. The molecule has 1 aromatic heterocycles. The Hall–Kier alpha value is -2.51. The van der Waals surface area contributed by atoms with Crippen LogP contribution in [0, 0.1) is 5.82 Å². The summed E-state index contributed by atoms with van der Waals surface area (Å²) < 4.78 is 23.6. The highest BCUT2D eigenvalue weighted by molar-refractivity contribution is 7.16. The van der Waals surface area contributed by atoms with E-state index in [9.17, 15) is 9.18 Å². The molecule has 1 aromatic carbocycles. The lowest BCUT2D eigenvalue weighted by atomic mass is 10.2. The maximum Gasteiger partial charge on any atom is 0.363 e. The van der Waals surface area contributed by atoms with Crippen LogP contribution in [-0.4, -0.2) is 38.2 Å². The van der Waals surface area contributed by atoms with Gasteiger partial charge in [0.05, 0.1) is 18.2 Å². The van der Waals surface area contributed by atoms with E-state index in [0.29, 0.717) is 5.56 Å².